The van der Waals surface area contributed by atoms with Crippen molar-refractivity contribution in [3.8, 4) is 0 Å². The second-order valence-electron chi connectivity index (χ2n) is 10.4. The Morgan fingerprint density at radius 1 is 0.939 bits per heavy atom. The third kappa shape index (κ3) is 6.33. The highest BCUT2D eigenvalue weighted by Gasteiger charge is 2.37. The Morgan fingerprint density at radius 2 is 1.52 bits per heavy atom. The number of hydrogen-bond donors (Lipinski definition) is 1. The van der Waals surface area contributed by atoms with Crippen LogP contribution in [-0.2, 0) is 11.0 Å². The average Bonchev–Trinajstić information content (AvgIpc) is 3.31. The molecule has 0 aliphatic heterocycles. The lowest BCUT2D eigenvalue weighted by Crippen LogP contribution is -2.40. The molecule has 1 heterocycles. The zero-order valence-electron chi connectivity index (χ0n) is 21.3. The van der Waals surface area contributed by atoms with Crippen LogP contribution in [0.3, 0.4) is 0 Å². The Morgan fingerprint density at radius 3 is 2.00 bits per heavy atom. The van der Waals surface area contributed by atoms with Crippen LogP contribution in [0, 0.1) is 5.92 Å². The molecule has 0 spiro atoms. The molecule has 6 heteroatoms. The van der Waals surface area contributed by atoms with Crippen LogP contribution >= 0.6 is 0 Å². The molecule has 3 aromatic rings. The van der Waals surface area contributed by atoms with E-state index in [0.717, 1.165) is 24.2 Å². The standard InChI is InChI=1S/C27H40N4OSi/c1-8-22(9-2)26(31-20-28-19-29-31)23-12-16-25(17-13-23)30-24-14-10-21(11-15-24)18-32-33(6,7)27(3,4)5/h10-17,19-20,22,26,30H,8-9,18H2,1-7H3. The molecule has 0 saturated carbocycles. The molecule has 3 rings (SSSR count). The quantitative estimate of drug-likeness (QED) is 0.314. The van der Waals surface area contributed by atoms with Gasteiger partial charge in [0.2, 0.25) is 0 Å². The van der Waals surface area contributed by atoms with Crippen molar-refractivity contribution in [3.05, 3.63) is 72.3 Å². The highest BCUT2D eigenvalue weighted by Crippen LogP contribution is 2.37. The number of aromatic nitrogens is 3. The third-order valence-electron chi connectivity index (χ3n) is 7.12. The Hall–Kier alpha value is -2.44. The highest BCUT2D eigenvalue weighted by atomic mass is 28.4. The number of nitrogens with one attached hydrogen (secondary N) is 1. The van der Waals surface area contributed by atoms with Gasteiger partial charge in [0.1, 0.15) is 12.7 Å². The van der Waals surface area contributed by atoms with E-state index >= 15 is 0 Å². The van der Waals surface area contributed by atoms with E-state index in [-0.39, 0.29) is 11.1 Å². The molecule has 1 atom stereocenters. The monoisotopic (exact) mass is 464 g/mol. The largest absolute Gasteiger partial charge is 0.413 e. The van der Waals surface area contributed by atoms with Crippen LogP contribution in [0.2, 0.25) is 18.1 Å². The average molecular weight is 465 g/mol. The fraction of sp³-hybridized carbons (Fsp3) is 0.481. The van der Waals surface area contributed by atoms with Gasteiger partial charge in [-0.2, -0.15) is 5.10 Å². The summed E-state index contributed by atoms with van der Waals surface area (Å²) in [6.45, 7) is 16.6. The Kier molecular flexibility index (Phi) is 8.13. The van der Waals surface area contributed by atoms with E-state index in [1.165, 1.54) is 11.1 Å². The summed E-state index contributed by atoms with van der Waals surface area (Å²) in [7, 11) is -1.74. The van der Waals surface area contributed by atoms with Gasteiger partial charge in [0.15, 0.2) is 8.32 Å². The Labute approximate surface area is 200 Å². The van der Waals surface area contributed by atoms with E-state index in [1.54, 1.807) is 6.33 Å². The van der Waals surface area contributed by atoms with Gasteiger partial charge in [-0.25, -0.2) is 9.67 Å². The van der Waals surface area contributed by atoms with Gasteiger partial charge in [0.25, 0.3) is 0 Å². The summed E-state index contributed by atoms with van der Waals surface area (Å²) >= 11 is 0. The second-order valence-corrected chi connectivity index (χ2v) is 15.2. The van der Waals surface area contributed by atoms with E-state index in [9.17, 15) is 0 Å². The first-order valence-corrected chi connectivity index (χ1v) is 15.0. The smallest absolute Gasteiger partial charge is 0.192 e. The van der Waals surface area contributed by atoms with E-state index in [0.29, 0.717) is 12.5 Å². The molecule has 178 valence electrons. The van der Waals surface area contributed by atoms with Crippen LogP contribution in [0.5, 0.6) is 0 Å². The first-order chi connectivity index (χ1) is 15.6. The van der Waals surface area contributed by atoms with Crippen molar-refractivity contribution in [1.82, 2.24) is 14.8 Å². The van der Waals surface area contributed by atoms with Crippen LogP contribution in [0.1, 0.15) is 64.6 Å². The normalized spacial score (nSPS) is 13.3. The van der Waals surface area contributed by atoms with Crippen molar-refractivity contribution in [2.24, 2.45) is 5.92 Å². The van der Waals surface area contributed by atoms with Crippen molar-refractivity contribution in [2.75, 3.05) is 5.32 Å². The van der Waals surface area contributed by atoms with Gasteiger partial charge in [-0.3, -0.25) is 0 Å². The van der Waals surface area contributed by atoms with Gasteiger partial charge in [-0.05, 0) is 59.4 Å². The summed E-state index contributed by atoms with van der Waals surface area (Å²) in [6, 6.07) is 17.5. The number of benzene rings is 2. The zero-order chi connectivity index (χ0) is 24.1. The summed E-state index contributed by atoms with van der Waals surface area (Å²) in [5.74, 6) is 0.520. The van der Waals surface area contributed by atoms with E-state index < -0.39 is 8.32 Å². The maximum Gasteiger partial charge on any atom is 0.192 e. The summed E-state index contributed by atoms with van der Waals surface area (Å²) in [5.41, 5.74) is 4.62. The van der Waals surface area contributed by atoms with Crippen molar-refractivity contribution >= 4 is 19.7 Å². The van der Waals surface area contributed by atoms with Crippen LogP contribution < -0.4 is 5.32 Å². The maximum absolute atomic E-state index is 6.35. The fourth-order valence-corrected chi connectivity index (χ4v) is 4.79. The molecule has 5 nitrogen and oxygen atoms in total. The molecule has 0 fully saturated rings. The number of anilines is 2. The van der Waals surface area contributed by atoms with Crippen LogP contribution in [0.25, 0.3) is 0 Å². The fourth-order valence-electron chi connectivity index (χ4n) is 3.83. The minimum absolute atomic E-state index is 0.205. The molecule has 0 amide bonds. The minimum atomic E-state index is -1.74. The Balaban J connectivity index is 1.66. The van der Waals surface area contributed by atoms with Gasteiger partial charge in [-0.1, -0.05) is 71.7 Å². The number of rotatable bonds is 10. The third-order valence-corrected chi connectivity index (χ3v) is 11.6. The van der Waals surface area contributed by atoms with Gasteiger partial charge in [0, 0.05) is 11.4 Å². The first-order valence-electron chi connectivity index (χ1n) is 12.1. The lowest BCUT2D eigenvalue weighted by atomic mass is 9.89. The van der Waals surface area contributed by atoms with Crippen molar-refractivity contribution < 1.29 is 4.43 Å². The summed E-state index contributed by atoms with van der Waals surface area (Å²) in [6.07, 6.45) is 5.65. The summed E-state index contributed by atoms with van der Waals surface area (Å²) < 4.78 is 8.34. The molecule has 2 aromatic carbocycles. The molecule has 1 unspecified atom stereocenters. The number of hydrogen-bond acceptors (Lipinski definition) is 4. The van der Waals surface area contributed by atoms with Crippen molar-refractivity contribution in [3.63, 3.8) is 0 Å². The van der Waals surface area contributed by atoms with Gasteiger partial charge >= 0.3 is 0 Å². The lowest BCUT2D eigenvalue weighted by molar-refractivity contribution is 0.276. The first kappa shape index (κ1) is 25.2. The molecule has 0 saturated heterocycles. The molecule has 0 bridgehead atoms. The molecule has 0 radical (unpaired) electrons. The summed E-state index contributed by atoms with van der Waals surface area (Å²) in [4.78, 5) is 4.17. The van der Waals surface area contributed by atoms with E-state index in [1.807, 2.05) is 11.0 Å². The Bertz CT molecular complexity index is 972. The van der Waals surface area contributed by atoms with Crippen LogP contribution in [-0.4, -0.2) is 23.1 Å². The van der Waals surface area contributed by atoms with Gasteiger partial charge in [-0.15, -0.1) is 0 Å². The maximum atomic E-state index is 6.35. The zero-order valence-corrected chi connectivity index (χ0v) is 22.3. The molecular formula is C27H40N4OSi. The highest BCUT2D eigenvalue weighted by molar-refractivity contribution is 6.74. The molecule has 0 aliphatic rings. The minimum Gasteiger partial charge on any atom is -0.413 e. The predicted molar refractivity (Wildman–Crippen MR) is 140 cm³/mol. The molecular weight excluding hydrogens is 424 g/mol. The van der Waals surface area contributed by atoms with Crippen LogP contribution in [0.4, 0.5) is 11.4 Å². The molecule has 0 aliphatic carbocycles. The second kappa shape index (κ2) is 10.7. The van der Waals surface area contributed by atoms with Crippen molar-refractivity contribution in [2.45, 2.75) is 78.2 Å². The topological polar surface area (TPSA) is 52.0 Å². The van der Waals surface area contributed by atoms with Crippen molar-refractivity contribution in [1.29, 1.82) is 0 Å². The van der Waals surface area contributed by atoms with E-state index in [2.05, 4.69) is 112 Å². The summed E-state index contributed by atoms with van der Waals surface area (Å²) in [5, 5.41) is 8.18. The molecule has 1 aromatic heterocycles. The van der Waals surface area contributed by atoms with Gasteiger partial charge in [0.05, 0.1) is 12.6 Å². The molecule has 33 heavy (non-hydrogen) atoms. The lowest BCUT2D eigenvalue weighted by Gasteiger charge is -2.36. The number of nitrogens with zero attached hydrogens (tertiary/aromatic N) is 3. The SMILES string of the molecule is CCC(CC)C(c1ccc(Nc2ccc(CO[Si](C)(C)C(C)(C)C)cc2)cc1)n1cncn1. The molecule has 1 N–H and O–H groups in total. The predicted octanol–water partition coefficient (Wildman–Crippen LogP) is 7.57. The van der Waals surface area contributed by atoms with Gasteiger partial charge < -0.3 is 9.74 Å². The van der Waals surface area contributed by atoms with E-state index in [4.69, 9.17) is 4.43 Å². The van der Waals surface area contributed by atoms with Crippen LogP contribution in [0.15, 0.2) is 61.2 Å².